The third-order valence-corrected chi connectivity index (χ3v) is 4.59. The van der Waals surface area contributed by atoms with E-state index in [9.17, 15) is 13.2 Å². The number of rotatable bonds is 4. The van der Waals surface area contributed by atoms with Crippen molar-refractivity contribution in [3.8, 4) is 11.8 Å². The minimum absolute atomic E-state index is 0.0901. The highest BCUT2D eigenvalue weighted by Crippen LogP contribution is 2.34. The Morgan fingerprint density at radius 2 is 1.90 bits per heavy atom. The summed E-state index contributed by atoms with van der Waals surface area (Å²) in [6.45, 7) is 2.20. The maximum atomic E-state index is 12.7. The van der Waals surface area contributed by atoms with E-state index in [4.69, 9.17) is 40.2 Å². The molecule has 3 aromatic rings. The summed E-state index contributed by atoms with van der Waals surface area (Å²) in [6.07, 6.45) is -3.90. The number of hydrogen-bond donors (Lipinski definition) is 1. The van der Waals surface area contributed by atoms with Crippen molar-refractivity contribution in [2.75, 3.05) is 0 Å². The standard InChI is InChI=1S/C18H13Cl2F3N4OS/c1-10-6-15(28-16-14(20)7-12(9-24-16)18(21,22)23)26-27(10)17(29)25-8-11-2-4-13(19)5-3-11/h2-7,9H,8H2,1H3,(H,25,29). The monoisotopic (exact) mass is 460 g/mol. The lowest BCUT2D eigenvalue weighted by Gasteiger charge is -2.10. The van der Waals surface area contributed by atoms with Crippen molar-refractivity contribution in [1.29, 1.82) is 0 Å². The van der Waals surface area contributed by atoms with Crippen LogP contribution >= 0.6 is 35.4 Å². The summed E-state index contributed by atoms with van der Waals surface area (Å²) >= 11 is 17.0. The number of nitrogens with one attached hydrogen (secondary N) is 1. The van der Waals surface area contributed by atoms with Gasteiger partial charge in [0.25, 0.3) is 0 Å². The summed E-state index contributed by atoms with van der Waals surface area (Å²) in [5.74, 6) is -0.100. The molecule has 0 amide bonds. The van der Waals surface area contributed by atoms with Crippen molar-refractivity contribution >= 4 is 40.5 Å². The molecule has 0 fully saturated rings. The number of aryl methyl sites for hydroxylation is 1. The first kappa shape index (κ1) is 21.4. The SMILES string of the molecule is Cc1cc(Oc2ncc(C(F)(F)F)cc2Cl)nn1C(=S)NCc1ccc(Cl)cc1. The summed E-state index contributed by atoms with van der Waals surface area (Å²) in [7, 11) is 0. The van der Waals surface area contributed by atoms with Crippen LogP contribution in [0.5, 0.6) is 11.8 Å². The smallest absolute Gasteiger partial charge is 0.417 e. The molecule has 0 saturated heterocycles. The Bertz CT molecular complexity index is 1040. The lowest BCUT2D eigenvalue weighted by molar-refractivity contribution is -0.137. The lowest BCUT2D eigenvalue weighted by atomic mass is 10.2. The van der Waals surface area contributed by atoms with Crippen LogP contribution < -0.4 is 10.1 Å². The first-order valence-electron chi connectivity index (χ1n) is 8.13. The molecule has 2 heterocycles. The maximum Gasteiger partial charge on any atom is 0.417 e. The summed E-state index contributed by atoms with van der Waals surface area (Å²) in [6, 6.07) is 9.57. The number of halogens is 5. The summed E-state index contributed by atoms with van der Waals surface area (Å²) in [4.78, 5) is 3.62. The molecule has 0 saturated carbocycles. The van der Waals surface area contributed by atoms with Gasteiger partial charge in [-0.1, -0.05) is 35.3 Å². The largest absolute Gasteiger partial charge is 0.417 e. The molecule has 2 aromatic heterocycles. The molecule has 1 aromatic carbocycles. The Kier molecular flexibility index (Phi) is 6.30. The number of ether oxygens (including phenoxy) is 1. The Labute approximate surface area is 179 Å². The van der Waals surface area contributed by atoms with Gasteiger partial charge in [0.05, 0.1) is 5.56 Å². The van der Waals surface area contributed by atoms with Gasteiger partial charge in [0.15, 0.2) is 5.11 Å². The zero-order valence-electron chi connectivity index (χ0n) is 14.8. The van der Waals surface area contributed by atoms with Crippen molar-refractivity contribution in [2.24, 2.45) is 0 Å². The number of pyridine rings is 1. The molecule has 0 aliphatic carbocycles. The molecule has 0 aliphatic heterocycles. The molecule has 3 rings (SSSR count). The number of aromatic nitrogens is 3. The molecule has 0 spiro atoms. The van der Waals surface area contributed by atoms with Crippen LogP contribution in [-0.4, -0.2) is 19.9 Å². The van der Waals surface area contributed by atoms with Gasteiger partial charge in [-0.2, -0.15) is 13.2 Å². The maximum absolute atomic E-state index is 12.7. The van der Waals surface area contributed by atoms with Gasteiger partial charge >= 0.3 is 6.18 Å². The van der Waals surface area contributed by atoms with E-state index >= 15 is 0 Å². The molecule has 0 radical (unpaired) electrons. The quantitative estimate of drug-likeness (QED) is 0.511. The van der Waals surface area contributed by atoms with Crippen LogP contribution in [0, 0.1) is 6.92 Å². The van der Waals surface area contributed by atoms with Gasteiger partial charge in [0.2, 0.25) is 11.8 Å². The second kappa shape index (κ2) is 8.56. The summed E-state index contributed by atoms with van der Waals surface area (Å²) < 4.78 is 45.0. The predicted octanol–water partition coefficient (Wildman–Crippen LogP) is 5.63. The van der Waals surface area contributed by atoms with E-state index in [1.54, 1.807) is 25.1 Å². The molecule has 152 valence electrons. The minimum atomic E-state index is -4.55. The van der Waals surface area contributed by atoms with Crippen LogP contribution in [0.3, 0.4) is 0 Å². The normalized spacial score (nSPS) is 11.4. The third-order valence-electron chi connectivity index (χ3n) is 3.75. The number of nitrogens with zero attached hydrogens (tertiary/aromatic N) is 3. The topological polar surface area (TPSA) is 52.0 Å². The molecule has 0 unspecified atom stereocenters. The Balaban J connectivity index is 1.69. The van der Waals surface area contributed by atoms with E-state index < -0.39 is 11.7 Å². The average molecular weight is 461 g/mol. The van der Waals surface area contributed by atoms with Crippen LogP contribution in [-0.2, 0) is 12.7 Å². The van der Waals surface area contributed by atoms with E-state index in [0.717, 1.165) is 11.6 Å². The van der Waals surface area contributed by atoms with Crippen LogP contribution in [0.2, 0.25) is 10.0 Å². The molecular formula is C18H13Cl2F3N4OS. The third kappa shape index (κ3) is 5.37. The average Bonchev–Trinajstić information content (AvgIpc) is 3.02. The van der Waals surface area contributed by atoms with Gasteiger partial charge < -0.3 is 10.1 Å². The molecule has 0 aliphatic rings. The number of thiocarbonyl (C=S) groups is 1. The highest BCUT2D eigenvalue weighted by molar-refractivity contribution is 7.80. The molecule has 1 N–H and O–H groups in total. The summed E-state index contributed by atoms with van der Waals surface area (Å²) in [5.41, 5.74) is 0.652. The van der Waals surface area contributed by atoms with E-state index in [1.807, 2.05) is 12.1 Å². The van der Waals surface area contributed by atoms with Gasteiger partial charge in [-0.15, -0.1) is 5.10 Å². The lowest BCUT2D eigenvalue weighted by Crippen LogP contribution is -2.29. The van der Waals surface area contributed by atoms with Gasteiger partial charge in [0, 0.05) is 29.5 Å². The Hall–Kier alpha value is -2.36. The van der Waals surface area contributed by atoms with Crippen molar-refractivity contribution in [2.45, 2.75) is 19.6 Å². The Morgan fingerprint density at radius 3 is 2.52 bits per heavy atom. The molecule has 0 bridgehead atoms. The van der Waals surface area contributed by atoms with Gasteiger partial charge in [-0.05, 0) is 42.9 Å². The predicted molar refractivity (Wildman–Crippen MR) is 108 cm³/mol. The fraction of sp³-hybridized carbons (Fsp3) is 0.167. The molecule has 29 heavy (non-hydrogen) atoms. The molecule has 11 heteroatoms. The second-order valence-electron chi connectivity index (χ2n) is 5.93. The Morgan fingerprint density at radius 1 is 1.21 bits per heavy atom. The summed E-state index contributed by atoms with van der Waals surface area (Å²) in [5, 5.41) is 7.92. The number of benzene rings is 1. The molecule has 0 atom stereocenters. The van der Waals surface area contributed by atoms with E-state index in [-0.39, 0.29) is 16.8 Å². The minimum Gasteiger partial charge on any atom is -0.417 e. The number of alkyl halides is 3. The first-order valence-corrected chi connectivity index (χ1v) is 9.30. The fourth-order valence-corrected chi connectivity index (χ4v) is 2.90. The second-order valence-corrected chi connectivity index (χ2v) is 7.16. The van der Waals surface area contributed by atoms with Crippen molar-refractivity contribution in [3.63, 3.8) is 0 Å². The van der Waals surface area contributed by atoms with Crippen molar-refractivity contribution in [3.05, 3.63) is 69.5 Å². The zero-order chi connectivity index (χ0) is 21.2. The van der Waals surface area contributed by atoms with Gasteiger partial charge in [-0.25, -0.2) is 9.67 Å². The highest BCUT2D eigenvalue weighted by Gasteiger charge is 2.32. The fourth-order valence-electron chi connectivity index (χ4n) is 2.31. The number of hydrogen-bond acceptors (Lipinski definition) is 4. The van der Waals surface area contributed by atoms with Crippen LogP contribution in [0.4, 0.5) is 13.2 Å². The van der Waals surface area contributed by atoms with Gasteiger partial charge in [-0.3, -0.25) is 0 Å². The first-order chi connectivity index (χ1) is 13.6. The van der Waals surface area contributed by atoms with Crippen LogP contribution in [0.25, 0.3) is 0 Å². The van der Waals surface area contributed by atoms with Crippen molar-refractivity contribution < 1.29 is 17.9 Å². The molecular weight excluding hydrogens is 448 g/mol. The van der Waals surface area contributed by atoms with E-state index in [2.05, 4.69) is 15.4 Å². The van der Waals surface area contributed by atoms with E-state index in [0.29, 0.717) is 28.6 Å². The van der Waals surface area contributed by atoms with Crippen molar-refractivity contribution in [1.82, 2.24) is 20.1 Å². The van der Waals surface area contributed by atoms with E-state index in [1.165, 1.54) is 4.68 Å². The van der Waals surface area contributed by atoms with Gasteiger partial charge in [0.1, 0.15) is 5.02 Å². The van der Waals surface area contributed by atoms with Crippen LogP contribution in [0.15, 0.2) is 42.6 Å². The molecule has 5 nitrogen and oxygen atoms in total. The zero-order valence-corrected chi connectivity index (χ0v) is 17.1. The van der Waals surface area contributed by atoms with Crippen LogP contribution in [0.1, 0.15) is 16.8 Å². The highest BCUT2D eigenvalue weighted by atomic mass is 35.5.